The van der Waals surface area contributed by atoms with Gasteiger partial charge in [0.05, 0.1) is 11.1 Å². The molecule has 1 aliphatic carbocycles. The van der Waals surface area contributed by atoms with Gasteiger partial charge in [0.1, 0.15) is 16.6 Å². The van der Waals surface area contributed by atoms with Crippen molar-refractivity contribution < 1.29 is 18.4 Å². The molecule has 3 aromatic rings. The number of nitrogens with two attached hydrogens (primary N) is 1. The molecule has 132 valence electrons. The molecule has 1 aromatic carbocycles. The van der Waals surface area contributed by atoms with E-state index in [0.29, 0.717) is 10.6 Å². The Balaban J connectivity index is 1.61. The number of halogens is 1. The maximum absolute atomic E-state index is 13.9. The van der Waals surface area contributed by atoms with Crippen molar-refractivity contribution in [3.8, 4) is 11.3 Å². The summed E-state index contributed by atoms with van der Waals surface area (Å²) in [5.74, 6) is -1.19. The molecule has 5 nitrogen and oxygen atoms in total. The standard InChI is InChI=1S/C19H15FN2O3S/c20-12-6-2-1-4-10(12)13-8-9-14(25-13)18(24)22-19-16(17(21)23)11-5-3-7-15(11)26-19/h1-2,4,6,8-9H,3,5,7H2,(H2,21,23)(H,22,24). The van der Waals surface area contributed by atoms with E-state index in [1.165, 1.54) is 29.5 Å². The average molecular weight is 370 g/mol. The number of carbonyl (C=O) groups is 2. The van der Waals surface area contributed by atoms with E-state index >= 15 is 0 Å². The number of carbonyl (C=O) groups excluding carboxylic acids is 2. The average Bonchev–Trinajstić information content (AvgIpc) is 3.29. The molecule has 2 aromatic heterocycles. The predicted molar refractivity (Wildman–Crippen MR) is 96.9 cm³/mol. The van der Waals surface area contributed by atoms with E-state index in [4.69, 9.17) is 10.2 Å². The van der Waals surface area contributed by atoms with Crippen molar-refractivity contribution in [1.29, 1.82) is 0 Å². The van der Waals surface area contributed by atoms with Crippen LogP contribution in [0, 0.1) is 5.82 Å². The maximum Gasteiger partial charge on any atom is 0.292 e. The van der Waals surface area contributed by atoms with E-state index in [1.54, 1.807) is 18.2 Å². The monoisotopic (exact) mass is 370 g/mol. The Morgan fingerprint density at radius 1 is 1.15 bits per heavy atom. The molecule has 7 heteroatoms. The maximum atomic E-state index is 13.9. The van der Waals surface area contributed by atoms with Gasteiger partial charge < -0.3 is 15.5 Å². The minimum Gasteiger partial charge on any atom is -0.451 e. The van der Waals surface area contributed by atoms with Gasteiger partial charge in [-0.1, -0.05) is 12.1 Å². The third kappa shape index (κ3) is 2.80. The van der Waals surface area contributed by atoms with Crippen molar-refractivity contribution in [2.75, 3.05) is 5.32 Å². The highest BCUT2D eigenvalue weighted by molar-refractivity contribution is 7.17. The number of amides is 2. The summed E-state index contributed by atoms with van der Waals surface area (Å²) < 4.78 is 19.4. The van der Waals surface area contributed by atoms with E-state index in [0.717, 1.165) is 29.7 Å². The van der Waals surface area contributed by atoms with Gasteiger partial charge in [-0.25, -0.2) is 4.39 Å². The first kappa shape index (κ1) is 16.5. The molecule has 0 aliphatic heterocycles. The topological polar surface area (TPSA) is 85.3 Å². The van der Waals surface area contributed by atoms with Crippen LogP contribution in [0.3, 0.4) is 0 Å². The number of nitrogens with one attached hydrogen (secondary N) is 1. The van der Waals surface area contributed by atoms with Crippen LogP contribution < -0.4 is 11.1 Å². The van der Waals surface area contributed by atoms with Gasteiger partial charge in [-0.05, 0) is 49.1 Å². The summed E-state index contributed by atoms with van der Waals surface area (Å²) in [7, 11) is 0. The van der Waals surface area contributed by atoms with E-state index in [2.05, 4.69) is 5.32 Å². The quantitative estimate of drug-likeness (QED) is 0.728. The van der Waals surface area contributed by atoms with Crippen molar-refractivity contribution in [1.82, 2.24) is 0 Å². The van der Waals surface area contributed by atoms with Crippen molar-refractivity contribution in [3.05, 3.63) is 64.0 Å². The summed E-state index contributed by atoms with van der Waals surface area (Å²) in [6, 6.07) is 9.18. The van der Waals surface area contributed by atoms with Gasteiger partial charge in [0.2, 0.25) is 0 Å². The van der Waals surface area contributed by atoms with Gasteiger partial charge in [-0.3, -0.25) is 9.59 Å². The van der Waals surface area contributed by atoms with Gasteiger partial charge in [-0.2, -0.15) is 0 Å². The number of thiophene rings is 1. The van der Waals surface area contributed by atoms with E-state index < -0.39 is 17.6 Å². The summed E-state index contributed by atoms with van der Waals surface area (Å²) in [5.41, 5.74) is 7.09. The van der Waals surface area contributed by atoms with Gasteiger partial charge in [0.15, 0.2) is 5.76 Å². The van der Waals surface area contributed by atoms with E-state index in [1.807, 2.05) is 0 Å². The smallest absolute Gasteiger partial charge is 0.292 e. The largest absolute Gasteiger partial charge is 0.451 e. The lowest BCUT2D eigenvalue weighted by molar-refractivity contribution is 0.0997. The first-order valence-electron chi connectivity index (χ1n) is 8.15. The van der Waals surface area contributed by atoms with Crippen molar-refractivity contribution in [2.24, 2.45) is 5.73 Å². The summed E-state index contributed by atoms with van der Waals surface area (Å²) in [6.45, 7) is 0. The van der Waals surface area contributed by atoms with Crippen LogP contribution in [0.4, 0.5) is 9.39 Å². The number of hydrogen-bond acceptors (Lipinski definition) is 4. The van der Waals surface area contributed by atoms with Crippen LogP contribution in [-0.4, -0.2) is 11.8 Å². The number of rotatable bonds is 4. The number of fused-ring (bicyclic) bond motifs is 1. The van der Waals surface area contributed by atoms with Crippen LogP contribution >= 0.6 is 11.3 Å². The summed E-state index contributed by atoms with van der Waals surface area (Å²) in [5, 5.41) is 3.15. The second-order valence-corrected chi connectivity index (χ2v) is 7.13. The lowest BCUT2D eigenvalue weighted by Gasteiger charge is -2.04. The van der Waals surface area contributed by atoms with E-state index in [9.17, 15) is 14.0 Å². The SMILES string of the molecule is NC(=O)c1c(NC(=O)c2ccc(-c3ccccc3F)o2)sc2c1CCC2. The van der Waals surface area contributed by atoms with Crippen LogP contribution in [-0.2, 0) is 12.8 Å². The molecule has 0 fully saturated rings. The van der Waals surface area contributed by atoms with Crippen molar-refractivity contribution >= 4 is 28.2 Å². The molecule has 0 saturated heterocycles. The molecule has 0 unspecified atom stereocenters. The molecule has 0 spiro atoms. The fourth-order valence-corrected chi connectivity index (χ4v) is 4.47. The van der Waals surface area contributed by atoms with Crippen LogP contribution in [0.5, 0.6) is 0 Å². The first-order valence-corrected chi connectivity index (χ1v) is 8.96. The molecule has 0 atom stereocenters. The Hall–Kier alpha value is -2.93. The highest BCUT2D eigenvalue weighted by Crippen LogP contribution is 2.39. The highest BCUT2D eigenvalue weighted by atomic mass is 32.1. The number of aryl methyl sites for hydroxylation is 1. The minimum atomic E-state index is -0.550. The third-order valence-corrected chi connectivity index (χ3v) is 5.57. The minimum absolute atomic E-state index is 0.0345. The Kier molecular flexibility index (Phi) is 4.08. The Morgan fingerprint density at radius 2 is 1.96 bits per heavy atom. The fraction of sp³-hybridized carbons (Fsp3) is 0.158. The van der Waals surface area contributed by atoms with Crippen LogP contribution in [0.15, 0.2) is 40.8 Å². The summed E-state index contributed by atoms with van der Waals surface area (Å²) >= 11 is 1.37. The normalized spacial score (nSPS) is 12.8. The van der Waals surface area contributed by atoms with Crippen LogP contribution in [0.2, 0.25) is 0 Å². The third-order valence-electron chi connectivity index (χ3n) is 4.36. The Morgan fingerprint density at radius 3 is 2.73 bits per heavy atom. The Bertz CT molecular complexity index is 1020. The van der Waals surface area contributed by atoms with Gasteiger partial charge in [0.25, 0.3) is 11.8 Å². The lowest BCUT2D eigenvalue weighted by Crippen LogP contribution is -2.17. The molecular weight excluding hydrogens is 355 g/mol. The number of benzene rings is 1. The summed E-state index contributed by atoms with van der Waals surface area (Å²) in [4.78, 5) is 25.4. The molecule has 0 bridgehead atoms. The van der Waals surface area contributed by atoms with Crippen LogP contribution in [0.1, 0.15) is 37.8 Å². The molecule has 0 radical (unpaired) electrons. The summed E-state index contributed by atoms with van der Waals surface area (Å²) in [6.07, 6.45) is 2.66. The molecule has 4 rings (SSSR count). The Labute approximate surface area is 152 Å². The number of anilines is 1. The number of furan rings is 1. The lowest BCUT2D eigenvalue weighted by atomic mass is 10.1. The first-order chi connectivity index (χ1) is 12.5. The van der Waals surface area contributed by atoms with Gasteiger partial charge in [-0.15, -0.1) is 11.3 Å². The van der Waals surface area contributed by atoms with Gasteiger partial charge >= 0.3 is 0 Å². The highest BCUT2D eigenvalue weighted by Gasteiger charge is 2.27. The molecule has 0 saturated carbocycles. The fourth-order valence-electron chi connectivity index (χ4n) is 3.18. The molecular formula is C19H15FN2O3S. The molecule has 1 aliphatic rings. The predicted octanol–water partition coefficient (Wildman–Crippen LogP) is 3.99. The molecule has 3 N–H and O–H groups in total. The second kappa shape index (κ2) is 6.42. The molecule has 2 heterocycles. The van der Waals surface area contributed by atoms with Crippen molar-refractivity contribution in [3.63, 3.8) is 0 Å². The zero-order chi connectivity index (χ0) is 18.3. The number of primary amides is 1. The zero-order valence-corrected chi connectivity index (χ0v) is 14.5. The van der Waals surface area contributed by atoms with E-state index in [-0.39, 0.29) is 17.1 Å². The van der Waals surface area contributed by atoms with Crippen LogP contribution in [0.25, 0.3) is 11.3 Å². The molecule has 2 amide bonds. The second-order valence-electron chi connectivity index (χ2n) is 6.02. The number of hydrogen-bond donors (Lipinski definition) is 2. The van der Waals surface area contributed by atoms with Gasteiger partial charge in [0, 0.05) is 4.88 Å². The zero-order valence-electron chi connectivity index (χ0n) is 13.7. The molecule has 26 heavy (non-hydrogen) atoms. The van der Waals surface area contributed by atoms with Crippen molar-refractivity contribution in [2.45, 2.75) is 19.3 Å².